The number of hydrogen-bond acceptors (Lipinski definition) is 4. The Morgan fingerprint density at radius 2 is 1.57 bits per heavy atom. The van der Waals surface area contributed by atoms with Gasteiger partial charge in [0.15, 0.2) is 6.10 Å². The third-order valence-corrected chi connectivity index (χ3v) is 7.84. The minimum absolute atomic E-state index is 0.227. The van der Waals surface area contributed by atoms with E-state index in [4.69, 9.17) is 21.1 Å². The predicted octanol–water partition coefficient (Wildman–Crippen LogP) is 4.81. The molecule has 182 valence electrons. The minimum atomic E-state index is -1.85. The first-order valence-electron chi connectivity index (χ1n) is 12.3. The van der Waals surface area contributed by atoms with Gasteiger partial charge in [0.05, 0.1) is 13.1 Å². The number of quaternary nitrogens is 1. The van der Waals surface area contributed by atoms with E-state index in [1.807, 2.05) is 60.7 Å². The van der Waals surface area contributed by atoms with E-state index in [-0.39, 0.29) is 6.10 Å². The molecule has 5 nitrogen and oxygen atoms in total. The molecule has 0 aliphatic carbocycles. The monoisotopic (exact) mass is 492 g/mol. The van der Waals surface area contributed by atoms with Crippen molar-refractivity contribution in [1.29, 1.82) is 0 Å². The van der Waals surface area contributed by atoms with Crippen LogP contribution in [0.15, 0.2) is 84.9 Å². The van der Waals surface area contributed by atoms with Crippen LogP contribution in [0, 0.1) is 5.92 Å². The number of piperidine rings is 3. The van der Waals surface area contributed by atoms with Crippen molar-refractivity contribution in [1.82, 2.24) is 0 Å². The van der Waals surface area contributed by atoms with Crippen LogP contribution < -0.4 is 4.74 Å². The molecule has 6 heteroatoms. The second-order valence-corrected chi connectivity index (χ2v) is 10.2. The second-order valence-electron chi connectivity index (χ2n) is 9.72. The predicted molar refractivity (Wildman–Crippen MR) is 135 cm³/mol. The molecule has 3 aliphatic rings. The van der Waals surface area contributed by atoms with Crippen LogP contribution in [-0.2, 0) is 15.1 Å². The Kier molecular flexibility index (Phi) is 6.83. The lowest BCUT2D eigenvalue weighted by atomic mass is 9.82. The standard InChI is InChI=1S/C29H31ClNO4/c30-25-12-7-13-26(20-25)34-19-18-31-16-14-22(15-17-31)27(21-31)35-28(32)29(33,23-8-3-1-4-9-23)24-10-5-2-6-11-24/h1-13,20,22,27,33H,14-19,21H2/q+1. The van der Waals surface area contributed by atoms with Gasteiger partial charge in [-0.15, -0.1) is 0 Å². The number of ether oxygens (including phenoxy) is 2. The second kappa shape index (κ2) is 10.0. The fraction of sp³-hybridized carbons (Fsp3) is 0.345. The highest BCUT2D eigenvalue weighted by Gasteiger charge is 2.50. The van der Waals surface area contributed by atoms with Gasteiger partial charge in [-0.1, -0.05) is 78.3 Å². The summed E-state index contributed by atoms with van der Waals surface area (Å²) in [4.78, 5) is 13.6. The number of aliphatic hydroxyl groups is 1. The zero-order chi connectivity index (χ0) is 24.3. The number of fused-ring (bicyclic) bond motifs is 3. The number of carbonyl (C=O) groups excluding carboxylic acids is 1. The number of benzene rings is 3. The molecule has 0 radical (unpaired) electrons. The van der Waals surface area contributed by atoms with Crippen LogP contribution in [0.1, 0.15) is 24.0 Å². The van der Waals surface area contributed by atoms with Crippen LogP contribution in [0.3, 0.4) is 0 Å². The van der Waals surface area contributed by atoms with Crippen molar-refractivity contribution < 1.29 is 23.9 Å². The summed E-state index contributed by atoms with van der Waals surface area (Å²) in [5, 5.41) is 12.4. The maximum Gasteiger partial charge on any atom is 0.348 e. The molecule has 0 saturated carbocycles. The van der Waals surface area contributed by atoms with E-state index in [0.29, 0.717) is 28.7 Å². The summed E-state index contributed by atoms with van der Waals surface area (Å²) in [5.41, 5.74) is -0.831. The van der Waals surface area contributed by atoms with Crippen LogP contribution in [0.25, 0.3) is 0 Å². The van der Waals surface area contributed by atoms with Gasteiger partial charge in [0.25, 0.3) is 0 Å². The van der Waals surface area contributed by atoms with E-state index >= 15 is 0 Å². The molecular formula is C29H31ClNO4+. The summed E-state index contributed by atoms with van der Waals surface area (Å²) in [6.07, 6.45) is 1.78. The number of esters is 1. The Morgan fingerprint density at radius 3 is 2.17 bits per heavy atom. The molecule has 1 N–H and O–H groups in total. The molecule has 3 fully saturated rings. The zero-order valence-corrected chi connectivity index (χ0v) is 20.4. The summed E-state index contributed by atoms with van der Waals surface area (Å²) < 4.78 is 13.0. The van der Waals surface area contributed by atoms with Gasteiger partial charge in [-0.05, 0) is 29.3 Å². The molecular weight excluding hydrogens is 462 g/mol. The highest BCUT2D eigenvalue weighted by atomic mass is 35.5. The van der Waals surface area contributed by atoms with Crippen molar-refractivity contribution in [2.45, 2.75) is 24.5 Å². The van der Waals surface area contributed by atoms with Gasteiger partial charge in [-0.2, -0.15) is 0 Å². The van der Waals surface area contributed by atoms with E-state index in [1.165, 1.54) is 0 Å². The first-order chi connectivity index (χ1) is 17.0. The Balaban J connectivity index is 1.30. The summed E-state index contributed by atoms with van der Waals surface area (Å²) in [7, 11) is 0. The number of carbonyl (C=O) groups is 1. The van der Waals surface area contributed by atoms with Crippen LogP contribution in [0.4, 0.5) is 0 Å². The minimum Gasteiger partial charge on any atom is -0.488 e. The highest BCUT2D eigenvalue weighted by Crippen LogP contribution is 2.38. The van der Waals surface area contributed by atoms with Crippen molar-refractivity contribution in [3.05, 3.63) is 101 Å². The van der Waals surface area contributed by atoms with Crippen molar-refractivity contribution in [3.8, 4) is 5.75 Å². The average Bonchev–Trinajstić information content (AvgIpc) is 2.90. The van der Waals surface area contributed by atoms with Gasteiger partial charge >= 0.3 is 5.97 Å². The Labute approximate surface area is 211 Å². The Hall–Kier alpha value is -2.86. The summed E-state index contributed by atoms with van der Waals surface area (Å²) in [6.45, 7) is 4.27. The zero-order valence-electron chi connectivity index (χ0n) is 19.7. The van der Waals surface area contributed by atoms with Gasteiger partial charge in [0.2, 0.25) is 5.60 Å². The van der Waals surface area contributed by atoms with Gasteiger partial charge in [0, 0.05) is 23.8 Å². The molecule has 3 saturated heterocycles. The lowest BCUT2D eigenvalue weighted by Gasteiger charge is -2.52. The van der Waals surface area contributed by atoms with E-state index in [0.717, 1.165) is 49.3 Å². The number of hydrogen-bond donors (Lipinski definition) is 1. The number of nitrogens with zero attached hydrogens (tertiary/aromatic N) is 1. The molecule has 3 aliphatic heterocycles. The maximum absolute atomic E-state index is 13.6. The van der Waals surface area contributed by atoms with Gasteiger partial charge in [0.1, 0.15) is 25.4 Å². The average molecular weight is 493 g/mol. The lowest BCUT2D eigenvalue weighted by molar-refractivity contribution is -0.946. The number of rotatable bonds is 8. The Bertz CT molecular complexity index is 1110. The van der Waals surface area contributed by atoms with Crippen molar-refractivity contribution >= 4 is 17.6 Å². The molecule has 0 aromatic heterocycles. The van der Waals surface area contributed by atoms with Crippen LogP contribution in [0.5, 0.6) is 5.75 Å². The summed E-state index contributed by atoms with van der Waals surface area (Å²) in [6, 6.07) is 25.6. The molecule has 3 aromatic carbocycles. The Morgan fingerprint density at radius 1 is 0.943 bits per heavy atom. The first kappa shape index (κ1) is 23.9. The normalized spacial score (nSPS) is 23.6. The SMILES string of the molecule is O=C(OC1C[N+]2(CCOc3cccc(Cl)c3)CCC1CC2)C(O)(c1ccccc1)c1ccccc1. The van der Waals surface area contributed by atoms with Gasteiger partial charge in [-0.25, -0.2) is 4.79 Å². The van der Waals surface area contributed by atoms with Crippen LogP contribution in [0.2, 0.25) is 5.02 Å². The highest BCUT2D eigenvalue weighted by molar-refractivity contribution is 6.30. The molecule has 2 bridgehead atoms. The lowest BCUT2D eigenvalue weighted by Crippen LogP contribution is -2.65. The quantitative estimate of drug-likeness (QED) is 0.362. The van der Waals surface area contributed by atoms with Gasteiger partial charge in [-0.3, -0.25) is 0 Å². The van der Waals surface area contributed by atoms with Gasteiger partial charge < -0.3 is 19.1 Å². The van der Waals surface area contributed by atoms with Crippen molar-refractivity contribution in [2.24, 2.45) is 5.92 Å². The topological polar surface area (TPSA) is 55.8 Å². The maximum atomic E-state index is 13.6. The molecule has 0 amide bonds. The molecule has 1 atom stereocenters. The third kappa shape index (κ3) is 4.94. The molecule has 35 heavy (non-hydrogen) atoms. The van der Waals surface area contributed by atoms with Crippen molar-refractivity contribution in [3.63, 3.8) is 0 Å². The largest absolute Gasteiger partial charge is 0.488 e. The summed E-state index contributed by atoms with van der Waals surface area (Å²) >= 11 is 6.07. The molecule has 0 spiro atoms. The molecule has 6 rings (SSSR count). The van der Waals surface area contributed by atoms with E-state index in [9.17, 15) is 9.90 Å². The number of halogens is 1. The first-order valence-corrected chi connectivity index (χ1v) is 12.6. The van der Waals surface area contributed by atoms with E-state index < -0.39 is 11.6 Å². The van der Waals surface area contributed by atoms with Crippen LogP contribution in [-0.4, -0.2) is 54.4 Å². The molecule has 3 heterocycles. The van der Waals surface area contributed by atoms with Crippen LogP contribution >= 0.6 is 11.6 Å². The van der Waals surface area contributed by atoms with E-state index in [1.54, 1.807) is 24.3 Å². The molecule has 3 aromatic rings. The fourth-order valence-electron chi connectivity index (χ4n) is 5.57. The summed E-state index contributed by atoms with van der Waals surface area (Å²) in [5.74, 6) is 0.479. The molecule has 1 unspecified atom stereocenters. The van der Waals surface area contributed by atoms with Crippen molar-refractivity contribution in [2.75, 3.05) is 32.8 Å². The van der Waals surface area contributed by atoms with E-state index in [2.05, 4.69) is 0 Å². The smallest absolute Gasteiger partial charge is 0.348 e. The third-order valence-electron chi connectivity index (χ3n) is 7.61. The fourth-order valence-corrected chi connectivity index (χ4v) is 5.75.